The van der Waals surface area contributed by atoms with Gasteiger partial charge in [-0.05, 0) is 35.6 Å². The third-order valence-electron chi connectivity index (χ3n) is 3.78. The largest absolute Gasteiger partial charge is 0.300 e. The van der Waals surface area contributed by atoms with Crippen molar-refractivity contribution < 1.29 is 14.8 Å². The predicted molar refractivity (Wildman–Crippen MR) is 72.7 cm³/mol. The number of hydrogen-bond acceptors (Lipinski definition) is 4. The Kier molecular flexibility index (Phi) is 3.38. The summed E-state index contributed by atoms with van der Waals surface area (Å²) in [5.41, 5.74) is 4.56. The molecule has 1 amide bonds. The van der Waals surface area contributed by atoms with E-state index in [1.807, 2.05) is 18.2 Å². The Morgan fingerprint density at radius 2 is 2.15 bits per heavy atom. The van der Waals surface area contributed by atoms with Gasteiger partial charge in [0.05, 0.1) is 6.04 Å². The van der Waals surface area contributed by atoms with Crippen molar-refractivity contribution >= 4 is 17.8 Å². The smallest absolute Gasteiger partial charge is 0.267 e. The summed E-state index contributed by atoms with van der Waals surface area (Å²) in [4.78, 5) is 23.1. The monoisotopic (exact) mass is 272 g/mol. The van der Waals surface area contributed by atoms with Gasteiger partial charge in [0, 0.05) is 18.5 Å². The fourth-order valence-electron chi connectivity index (χ4n) is 2.55. The first-order valence-electron chi connectivity index (χ1n) is 6.71. The number of benzene rings is 1. The van der Waals surface area contributed by atoms with Gasteiger partial charge < -0.3 is 0 Å². The lowest BCUT2D eigenvalue weighted by atomic mass is 9.97. The van der Waals surface area contributed by atoms with Crippen molar-refractivity contribution in [3.05, 3.63) is 41.0 Å². The van der Waals surface area contributed by atoms with Gasteiger partial charge in [-0.3, -0.25) is 20.1 Å². The molecule has 3 N–H and O–H groups in total. The van der Waals surface area contributed by atoms with E-state index in [-0.39, 0.29) is 12.0 Å². The predicted octanol–water partition coefficient (Wildman–Crippen LogP) is 1.33. The first-order valence-corrected chi connectivity index (χ1v) is 6.71. The molecule has 2 aliphatic rings. The van der Waals surface area contributed by atoms with Crippen molar-refractivity contribution in [2.24, 2.45) is 5.92 Å². The van der Waals surface area contributed by atoms with Crippen molar-refractivity contribution in [2.45, 2.75) is 25.4 Å². The Balaban J connectivity index is 1.79. The standard InChI is InChI=1S/C15H16N2O3/c18-13(17-20)6-2-9-1-5-12-11(7-9)8-16-14(12)15(19)10-3-4-10/h1-2,5-7,10,14,16,20H,3-4,8H2,(H,17,18). The number of carbonyl (C=O) groups excluding carboxylic acids is 2. The van der Waals surface area contributed by atoms with E-state index in [0.29, 0.717) is 12.3 Å². The van der Waals surface area contributed by atoms with Crippen LogP contribution in [0.1, 0.15) is 35.6 Å². The zero-order valence-corrected chi connectivity index (χ0v) is 10.9. The maximum atomic E-state index is 12.2. The SMILES string of the molecule is O=C(C=Cc1ccc2c(c1)CNC2C(=O)C1CC1)NO. The van der Waals surface area contributed by atoms with E-state index < -0.39 is 5.91 Å². The van der Waals surface area contributed by atoms with Crippen LogP contribution < -0.4 is 10.8 Å². The van der Waals surface area contributed by atoms with Gasteiger partial charge in [0.2, 0.25) is 0 Å². The molecule has 0 saturated heterocycles. The van der Waals surface area contributed by atoms with Crippen LogP contribution in [0, 0.1) is 5.92 Å². The molecule has 1 aliphatic carbocycles. The third-order valence-corrected chi connectivity index (χ3v) is 3.78. The third kappa shape index (κ3) is 2.50. The molecule has 1 aliphatic heterocycles. The van der Waals surface area contributed by atoms with E-state index in [1.165, 1.54) is 6.08 Å². The Bertz CT molecular complexity index is 591. The Morgan fingerprint density at radius 3 is 2.85 bits per heavy atom. The summed E-state index contributed by atoms with van der Waals surface area (Å²) in [5, 5.41) is 11.7. The normalized spacial score (nSPS) is 20.9. The minimum Gasteiger partial charge on any atom is -0.300 e. The average molecular weight is 272 g/mol. The van der Waals surface area contributed by atoms with Crippen molar-refractivity contribution in [2.75, 3.05) is 0 Å². The molecular weight excluding hydrogens is 256 g/mol. The topological polar surface area (TPSA) is 78.4 Å². The number of hydrogen-bond donors (Lipinski definition) is 3. The molecule has 5 heteroatoms. The lowest BCUT2D eigenvalue weighted by molar-refractivity contribution is -0.124. The lowest BCUT2D eigenvalue weighted by Gasteiger charge is -2.10. The molecule has 1 aromatic carbocycles. The molecule has 1 atom stereocenters. The van der Waals surface area contributed by atoms with E-state index in [1.54, 1.807) is 11.6 Å². The number of nitrogens with one attached hydrogen (secondary N) is 2. The second kappa shape index (κ2) is 5.19. The van der Waals surface area contributed by atoms with Gasteiger partial charge in [-0.25, -0.2) is 5.48 Å². The van der Waals surface area contributed by atoms with Gasteiger partial charge in [-0.15, -0.1) is 0 Å². The van der Waals surface area contributed by atoms with Crippen LogP contribution in [0.4, 0.5) is 0 Å². The van der Waals surface area contributed by atoms with Crippen LogP contribution in [0.5, 0.6) is 0 Å². The maximum Gasteiger partial charge on any atom is 0.267 e. The first kappa shape index (κ1) is 13.0. The molecule has 1 unspecified atom stereocenters. The highest BCUT2D eigenvalue weighted by atomic mass is 16.5. The first-order chi connectivity index (χ1) is 9.69. The average Bonchev–Trinajstić information content (AvgIpc) is 3.23. The minimum atomic E-state index is -0.564. The highest BCUT2D eigenvalue weighted by Crippen LogP contribution is 2.37. The zero-order chi connectivity index (χ0) is 14.1. The Labute approximate surface area is 116 Å². The Morgan fingerprint density at radius 1 is 1.35 bits per heavy atom. The fourth-order valence-corrected chi connectivity index (χ4v) is 2.55. The van der Waals surface area contributed by atoms with Crippen LogP contribution in [-0.4, -0.2) is 16.9 Å². The van der Waals surface area contributed by atoms with Crippen molar-refractivity contribution in [3.8, 4) is 0 Å². The van der Waals surface area contributed by atoms with Gasteiger partial charge >= 0.3 is 0 Å². The molecule has 0 bridgehead atoms. The summed E-state index contributed by atoms with van der Waals surface area (Å²) in [6.07, 6.45) is 4.92. The maximum absolute atomic E-state index is 12.2. The molecule has 1 aromatic rings. The highest BCUT2D eigenvalue weighted by molar-refractivity contribution is 5.91. The molecule has 3 rings (SSSR count). The van der Waals surface area contributed by atoms with Crippen LogP contribution in [-0.2, 0) is 16.1 Å². The summed E-state index contributed by atoms with van der Waals surface area (Å²) in [6.45, 7) is 0.673. The van der Waals surface area contributed by atoms with E-state index >= 15 is 0 Å². The van der Waals surface area contributed by atoms with Crippen LogP contribution in [0.2, 0.25) is 0 Å². The molecule has 20 heavy (non-hydrogen) atoms. The number of rotatable bonds is 4. The summed E-state index contributed by atoms with van der Waals surface area (Å²) in [7, 11) is 0. The van der Waals surface area contributed by atoms with Crippen LogP contribution in [0.3, 0.4) is 0 Å². The highest BCUT2D eigenvalue weighted by Gasteiger charge is 2.38. The molecule has 0 radical (unpaired) electrons. The van der Waals surface area contributed by atoms with Crippen LogP contribution in [0.15, 0.2) is 24.3 Å². The molecular formula is C15H16N2O3. The van der Waals surface area contributed by atoms with Gasteiger partial charge in [0.15, 0.2) is 5.78 Å². The second-order valence-corrected chi connectivity index (χ2v) is 5.26. The molecule has 1 fully saturated rings. The lowest BCUT2D eigenvalue weighted by Crippen LogP contribution is -2.23. The summed E-state index contributed by atoms with van der Waals surface area (Å²) >= 11 is 0. The number of ketones is 1. The number of Topliss-reactive ketones (excluding diaryl/α,β-unsaturated/α-hetero) is 1. The summed E-state index contributed by atoms with van der Waals surface area (Å²) in [6, 6.07) is 5.61. The van der Waals surface area contributed by atoms with Crippen LogP contribution >= 0.6 is 0 Å². The fraction of sp³-hybridized carbons (Fsp3) is 0.333. The van der Waals surface area contributed by atoms with Crippen molar-refractivity contribution in [3.63, 3.8) is 0 Å². The Hall–Kier alpha value is -1.98. The van der Waals surface area contributed by atoms with Crippen LogP contribution in [0.25, 0.3) is 6.08 Å². The van der Waals surface area contributed by atoms with E-state index in [2.05, 4.69) is 5.32 Å². The molecule has 0 spiro atoms. The quantitative estimate of drug-likeness (QED) is 0.439. The minimum absolute atomic E-state index is 0.170. The van der Waals surface area contributed by atoms with Gasteiger partial charge in [-0.2, -0.15) is 0 Å². The van der Waals surface area contributed by atoms with Crippen molar-refractivity contribution in [1.82, 2.24) is 10.8 Å². The van der Waals surface area contributed by atoms with Crippen molar-refractivity contribution in [1.29, 1.82) is 0 Å². The van der Waals surface area contributed by atoms with Gasteiger partial charge in [0.25, 0.3) is 5.91 Å². The van der Waals surface area contributed by atoms with E-state index in [0.717, 1.165) is 29.5 Å². The van der Waals surface area contributed by atoms with E-state index in [9.17, 15) is 9.59 Å². The summed E-state index contributed by atoms with van der Waals surface area (Å²) < 4.78 is 0. The zero-order valence-electron chi connectivity index (χ0n) is 10.9. The molecule has 1 saturated carbocycles. The van der Waals surface area contributed by atoms with Gasteiger partial charge in [0.1, 0.15) is 0 Å². The second-order valence-electron chi connectivity index (χ2n) is 5.26. The molecule has 1 heterocycles. The molecule has 0 aromatic heterocycles. The molecule has 104 valence electrons. The molecule has 5 nitrogen and oxygen atoms in total. The summed E-state index contributed by atoms with van der Waals surface area (Å²) in [5.74, 6) is -0.0246. The van der Waals surface area contributed by atoms with E-state index in [4.69, 9.17) is 5.21 Å². The van der Waals surface area contributed by atoms with Gasteiger partial charge in [-0.1, -0.05) is 18.2 Å². The number of amides is 1. The number of fused-ring (bicyclic) bond motifs is 1. The number of carbonyl (C=O) groups is 2. The number of hydroxylamine groups is 1.